The van der Waals surface area contributed by atoms with Gasteiger partial charge >= 0.3 is 6.18 Å². The van der Waals surface area contributed by atoms with E-state index in [0.29, 0.717) is 25.5 Å². The van der Waals surface area contributed by atoms with Crippen LogP contribution in [0.1, 0.15) is 61.9 Å². The number of hydrogen-bond donors (Lipinski definition) is 4. The van der Waals surface area contributed by atoms with Crippen LogP contribution in [0.3, 0.4) is 0 Å². The second-order valence-corrected chi connectivity index (χ2v) is 10.8. The minimum Gasteiger partial charge on any atom is -0.366 e. The van der Waals surface area contributed by atoms with Gasteiger partial charge in [-0.3, -0.25) is 9.59 Å². The van der Waals surface area contributed by atoms with E-state index in [-0.39, 0.29) is 35.2 Å². The molecule has 0 bridgehead atoms. The lowest BCUT2D eigenvalue weighted by atomic mass is 10.0. The van der Waals surface area contributed by atoms with Gasteiger partial charge in [-0.05, 0) is 77.9 Å². The average molecular weight is 566 g/mol. The maximum Gasteiger partial charge on any atom is 0.421 e. The molecule has 0 unspecified atom stereocenters. The highest BCUT2D eigenvalue weighted by Crippen LogP contribution is 2.37. The van der Waals surface area contributed by atoms with Crippen LogP contribution >= 0.6 is 0 Å². The van der Waals surface area contributed by atoms with E-state index in [9.17, 15) is 27.2 Å². The van der Waals surface area contributed by atoms with Crippen molar-refractivity contribution in [2.24, 2.45) is 5.92 Å². The molecule has 2 atom stereocenters. The Balaban J connectivity index is 1.49. The van der Waals surface area contributed by atoms with Crippen molar-refractivity contribution >= 4 is 29.3 Å². The van der Waals surface area contributed by atoms with Gasteiger partial charge in [-0.2, -0.15) is 18.2 Å². The van der Waals surface area contributed by atoms with Crippen molar-refractivity contribution in [3.05, 3.63) is 41.3 Å². The summed E-state index contributed by atoms with van der Waals surface area (Å²) in [6, 6.07) is 3.14. The van der Waals surface area contributed by atoms with Gasteiger partial charge in [0.2, 0.25) is 11.9 Å². The second-order valence-electron chi connectivity index (χ2n) is 10.8. The number of benzene rings is 1. The predicted octanol–water partition coefficient (Wildman–Crippen LogP) is 4.31. The minimum atomic E-state index is -4.73. The number of piperidine rings is 1. The quantitative estimate of drug-likeness (QED) is 0.353. The molecule has 0 spiro atoms. The highest BCUT2D eigenvalue weighted by molar-refractivity contribution is 5.95. The lowest BCUT2D eigenvalue weighted by Gasteiger charge is -2.29. The van der Waals surface area contributed by atoms with Crippen molar-refractivity contribution in [2.75, 3.05) is 30.8 Å². The maximum atomic E-state index is 14.8. The minimum absolute atomic E-state index is 0.0386. The van der Waals surface area contributed by atoms with Crippen LogP contribution in [-0.2, 0) is 11.0 Å². The molecule has 1 aromatic heterocycles. The number of carbonyl (C=O) groups is 2. The van der Waals surface area contributed by atoms with E-state index >= 15 is 0 Å². The normalized spacial score (nSPS) is 20.4. The third-order valence-corrected chi connectivity index (χ3v) is 7.22. The fourth-order valence-electron chi connectivity index (χ4n) is 5.10. The lowest BCUT2D eigenvalue weighted by Crippen LogP contribution is -2.43. The van der Waals surface area contributed by atoms with Crippen LogP contribution in [0.25, 0.3) is 0 Å². The Morgan fingerprint density at radius 3 is 2.48 bits per heavy atom. The molecule has 1 saturated heterocycles. The number of likely N-dealkylation sites (tertiary alicyclic amines) is 1. The van der Waals surface area contributed by atoms with E-state index in [4.69, 9.17) is 0 Å². The summed E-state index contributed by atoms with van der Waals surface area (Å²) in [5.41, 5.74) is -1.04. The van der Waals surface area contributed by atoms with Gasteiger partial charge < -0.3 is 26.2 Å². The zero-order valence-electron chi connectivity index (χ0n) is 22.7. The third kappa shape index (κ3) is 7.38. The van der Waals surface area contributed by atoms with Crippen LogP contribution in [-0.4, -0.2) is 64.9 Å². The van der Waals surface area contributed by atoms with Gasteiger partial charge in [-0.25, -0.2) is 9.37 Å². The zero-order chi connectivity index (χ0) is 29.0. The smallest absolute Gasteiger partial charge is 0.366 e. The fourth-order valence-corrected chi connectivity index (χ4v) is 5.10. The van der Waals surface area contributed by atoms with Crippen LogP contribution < -0.4 is 21.3 Å². The SMILES string of the molecule is CC(C)NC(=O)[C@H]1CCC[C@H]1Nc1nc(Nc2ccc(C(=O)NC3CCN(C)CC3)c(F)c2)ncc1C(F)(F)F. The van der Waals surface area contributed by atoms with Gasteiger partial charge in [-0.1, -0.05) is 6.42 Å². The first-order valence-corrected chi connectivity index (χ1v) is 13.5. The number of carbonyl (C=O) groups excluding carboxylic acids is 2. The van der Waals surface area contributed by atoms with E-state index in [1.54, 1.807) is 0 Å². The van der Waals surface area contributed by atoms with Crippen LogP contribution in [0.15, 0.2) is 24.4 Å². The molecule has 13 heteroatoms. The van der Waals surface area contributed by atoms with Crippen LogP contribution in [0, 0.1) is 11.7 Å². The number of amides is 2. The molecular formula is C27H35F4N7O2. The maximum absolute atomic E-state index is 14.8. The Bertz CT molecular complexity index is 1220. The van der Waals surface area contributed by atoms with Gasteiger partial charge in [0.15, 0.2) is 0 Å². The summed E-state index contributed by atoms with van der Waals surface area (Å²) >= 11 is 0. The molecule has 2 fully saturated rings. The van der Waals surface area contributed by atoms with Crippen molar-refractivity contribution in [2.45, 2.75) is 70.3 Å². The van der Waals surface area contributed by atoms with Crippen molar-refractivity contribution < 1.29 is 27.2 Å². The highest BCUT2D eigenvalue weighted by Gasteiger charge is 2.39. The molecule has 2 amide bonds. The Morgan fingerprint density at radius 1 is 1.10 bits per heavy atom. The summed E-state index contributed by atoms with van der Waals surface area (Å²) in [4.78, 5) is 35.2. The van der Waals surface area contributed by atoms with Crippen LogP contribution in [0.5, 0.6) is 0 Å². The van der Waals surface area contributed by atoms with Crippen LogP contribution in [0.4, 0.5) is 35.0 Å². The summed E-state index contributed by atoms with van der Waals surface area (Å²) in [5.74, 6) is -2.69. The Labute approximate surface area is 230 Å². The van der Waals surface area contributed by atoms with Gasteiger partial charge in [0, 0.05) is 30.0 Å². The van der Waals surface area contributed by atoms with Gasteiger partial charge in [0.25, 0.3) is 5.91 Å². The molecule has 9 nitrogen and oxygen atoms in total. The summed E-state index contributed by atoms with van der Waals surface area (Å²) in [6.45, 7) is 5.31. The second kappa shape index (κ2) is 12.4. The Morgan fingerprint density at radius 2 is 1.82 bits per heavy atom. The van der Waals surface area contributed by atoms with Gasteiger partial charge in [0.05, 0.1) is 11.5 Å². The average Bonchev–Trinajstić information content (AvgIpc) is 3.33. The molecule has 2 heterocycles. The van der Waals surface area contributed by atoms with Crippen molar-refractivity contribution in [1.29, 1.82) is 0 Å². The molecule has 4 N–H and O–H groups in total. The number of anilines is 3. The van der Waals surface area contributed by atoms with Crippen molar-refractivity contribution in [3.8, 4) is 0 Å². The molecule has 0 radical (unpaired) electrons. The number of rotatable bonds is 8. The molecule has 2 aromatic rings. The molecule has 218 valence electrons. The predicted molar refractivity (Wildman–Crippen MR) is 143 cm³/mol. The number of nitrogens with one attached hydrogen (secondary N) is 4. The Kier molecular flexibility index (Phi) is 9.12. The van der Waals surface area contributed by atoms with Gasteiger partial charge in [-0.15, -0.1) is 0 Å². The van der Waals surface area contributed by atoms with E-state index in [0.717, 1.165) is 32.0 Å². The first-order valence-electron chi connectivity index (χ1n) is 13.5. The third-order valence-electron chi connectivity index (χ3n) is 7.22. The van der Waals surface area contributed by atoms with Gasteiger partial charge in [0.1, 0.15) is 17.2 Å². The number of aromatic nitrogens is 2. The van der Waals surface area contributed by atoms with E-state index in [1.807, 2.05) is 20.9 Å². The molecular weight excluding hydrogens is 530 g/mol. The largest absolute Gasteiger partial charge is 0.421 e. The molecule has 1 saturated carbocycles. The number of hydrogen-bond acceptors (Lipinski definition) is 7. The highest BCUT2D eigenvalue weighted by atomic mass is 19.4. The van der Waals surface area contributed by atoms with E-state index < -0.39 is 41.2 Å². The van der Waals surface area contributed by atoms with E-state index in [2.05, 4.69) is 36.1 Å². The summed E-state index contributed by atoms with van der Waals surface area (Å²) in [7, 11) is 2.00. The molecule has 4 rings (SSSR count). The van der Waals surface area contributed by atoms with E-state index in [1.165, 1.54) is 12.1 Å². The number of nitrogens with zero attached hydrogens (tertiary/aromatic N) is 3. The van der Waals surface area contributed by atoms with Crippen molar-refractivity contribution in [3.63, 3.8) is 0 Å². The molecule has 1 aliphatic heterocycles. The first-order chi connectivity index (χ1) is 18.9. The fraction of sp³-hybridized carbons (Fsp3) is 0.556. The Hall–Kier alpha value is -3.48. The lowest BCUT2D eigenvalue weighted by molar-refractivity contribution is -0.137. The summed E-state index contributed by atoms with van der Waals surface area (Å²) in [6.07, 6.45) is -0.802. The molecule has 1 aromatic carbocycles. The molecule has 40 heavy (non-hydrogen) atoms. The van der Waals surface area contributed by atoms with Crippen LogP contribution in [0.2, 0.25) is 0 Å². The number of alkyl halides is 3. The standard InChI is InChI=1S/C27H35F4N7O2/c1-15(2)33-25(40)19-5-4-6-22(19)36-23-20(27(29,30)31)14-32-26(37-23)35-17-7-8-18(21(28)13-17)24(39)34-16-9-11-38(3)12-10-16/h7-8,13-16,19,22H,4-6,9-12H2,1-3H3,(H,33,40)(H,34,39)(H2,32,35,36,37)/t19-,22+/m0/s1. The molecule has 2 aliphatic rings. The monoisotopic (exact) mass is 565 g/mol. The zero-order valence-corrected chi connectivity index (χ0v) is 22.7. The first kappa shape index (κ1) is 29.5. The topological polar surface area (TPSA) is 111 Å². The summed E-state index contributed by atoms with van der Waals surface area (Å²) in [5, 5.41) is 11.2. The number of halogens is 4. The summed E-state index contributed by atoms with van der Waals surface area (Å²) < 4.78 is 56.1. The van der Waals surface area contributed by atoms with Crippen molar-refractivity contribution in [1.82, 2.24) is 25.5 Å². The molecule has 1 aliphatic carbocycles.